The zero-order chi connectivity index (χ0) is 13.7. The van der Waals surface area contributed by atoms with E-state index in [2.05, 4.69) is 28.2 Å². The van der Waals surface area contributed by atoms with Gasteiger partial charge in [0.05, 0.1) is 17.4 Å². The smallest absolute Gasteiger partial charge is 0.144 e. The SMILES string of the molecule is CC(CNc1ncc(N)cc1C#N)CN1CCCC1. The number of pyridine rings is 1. The number of hydrogen-bond donors (Lipinski definition) is 2. The third-order valence-corrected chi connectivity index (χ3v) is 3.42. The van der Waals surface area contributed by atoms with E-state index in [-0.39, 0.29) is 0 Å². The van der Waals surface area contributed by atoms with Crippen LogP contribution in [0.1, 0.15) is 25.3 Å². The van der Waals surface area contributed by atoms with Gasteiger partial charge in [-0.3, -0.25) is 0 Å². The average molecular weight is 259 g/mol. The largest absolute Gasteiger partial charge is 0.397 e. The maximum absolute atomic E-state index is 9.04. The highest BCUT2D eigenvalue weighted by Crippen LogP contribution is 2.15. The van der Waals surface area contributed by atoms with Crippen molar-refractivity contribution in [2.45, 2.75) is 19.8 Å². The molecule has 1 aromatic rings. The second-order valence-electron chi connectivity index (χ2n) is 5.27. The van der Waals surface area contributed by atoms with Crippen LogP contribution >= 0.6 is 0 Å². The standard InChI is InChI=1S/C14H21N5/c1-11(10-19-4-2-3-5-19)8-17-14-12(7-15)6-13(16)9-18-14/h6,9,11H,2-5,8,10,16H2,1H3,(H,17,18). The van der Waals surface area contributed by atoms with Crippen molar-refractivity contribution in [3.8, 4) is 6.07 Å². The molecule has 1 atom stereocenters. The number of nitrogen functional groups attached to an aromatic ring is 1. The Morgan fingerprint density at radius 1 is 1.53 bits per heavy atom. The fraction of sp³-hybridized carbons (Fsp3) is 0.571. The summed E-state index contributed by atoms with van der Waals surface area (Å²) in [7, 11) is 0. The van der Waals surface area contributed by atoms with E-state index in [1.165, 1.54) is 25.9 Å². The Morgan fingerprint density at radius 2 is 2.26 bits per heavy atom. The number of hydrogen-bond acceptors (Lipinski definition) is 5. The molecule has 1 fully saturated rings. The van der Waals surface area contributed by atoms with E-state index in [4.69, 9.17) is 11.0 Å². The number of anilines is 2. The number of nitriles is 1. The second kappa shape index (κ2) is 6.39. The van der Waals surface area contributed by atoms with Crippen LogP contribution in [0.4, 0.5) is 11.5 Å². The molecule has 0 aliphatic carbocycles. The molecule has 1 aliphatic rings. The lowest BCUT2D eigenvalue weighted by atomic mass is 10.1. The summed E-state index contributed by atoms with van der Waals surface area (Å²) in [6, 6.07) is 3.77. The van der Waals surface area contributed by atoms with E-state index in [9.17, 15) is 0 Å². The Labute approximate surface area is 114 Å². The van der Waals surface area contributed by atoms with Crippen LogP contribution in [0.3, 0.4) is 0 Å². The molecule has 0 saturated carbocycles. The number of rotatable bonds is 5. The van der Waals surface area contributed by atoms with E-state index in [1.54, 1.807) is 12.3 Å². The monoisotopic (exact) mass is 259 g/mol. The fourth-order valence-electron chi connectivity index (χ4n) is 2.45. The van der Waals surface area contributed by atoms with Crippen molar-refractivity contribution >= 4 is 11.5 Å². The van der Waals surface area contributed by atoms with E-state index >= 15 is 0 Å². The van der Waals surface area contributed by atoms with Crippen molar-refractivity contribution in [3.05, 3.63) is 17.8 Å². The Kier molecular flexibility index (Phi) is 4.58. The molecule has 102 valence electrons. The molecule has 3 N–H and O–H groups in total. The van der Waals surface area contributed by atoms with Crippen LogP contribution in [0.25, 0.3) is 0 Å². The molecule has 0 spiro atoms. The molecule has 5 heteroatoms. The molecular weight excluding hydrogens is 238 g/mol. The normalized spacial score (nSPS) is 17.1. The van der Waals surface area contributed by atoms with Gasteiger partial charge in [0.15, 0.2) is 0 Å². The van der Waals surface area contributed by atoms with Crippen molar-refractivity contribution < 1.29 is 0 Å². The minimum atomic E-state index is 0.508. The summed E-state index contributed by atoms with van der Waals surface area (Å²) in [5.41, 5.74) is 6.65. The van der Waals surface area contributed by atoms with Gasteiger partial charge in [0.2, 0.25) is 0 Å². The minimum absolute atomic E-state index is 0.508. The Balaban J connectivity index is 1.86. The Hall–Kier alpha value is -1.80. The zero-order valence-electron chi connectivity index (χ0n) is 11.4. The van der Waals surface area contributed by atoms with Gasteiger partial charge in [0.25, 0.3) is 0 Å². The Morgan fingerprint density at radius 3 is 2.95 bits per heavy atom. The van der Waals surface area contributed by atoms with Gasteiger partial charge in [-0.05, 0) is 37.9 Å². The van der Waals surface area contributed by atoms with Crippen LogP contribution in [0.2, 0.25) is 0 Å². The predicted molar refractivity (Wildman–Crippen MR) is 76.7 cm³/mol. The molecule has 1 aliphatic heterocycles. The first-order chi connectivity index (χ1) is 9.19. The van der Waals surface area contributed by atoms with Gasteiger partial charge in [0.1, 0.15) is 11.9 Å². The molecule has 1 unspecified atom stereocenters. The summed E-state index contributed by atoms with van der Waals surface area (Å²) in [5.74, 6) is 1.16. The molecule has 19 heavy (non-hydrogen) atoms. The molecule has 0 bridgehead atoms. The zero-order valence-corrected chi connectivity index (χ0v) is 11.4. The third kappa shape index (κ3) is 3.83. The highest BCUT2D eigenvalue weighted by atomic mass is 15.1. The van der Waals surface area contributed by atoms with Crippen molar-refractivity contribution in [1.82, 2.24) is 9.88 Å². The summed E-state index contributed by atoms with van der Waals surface area (Å²) in [5, 5.41) is 12.3. The average Bonchev–Trinajstić information content (AvgIpc) is 2.90. The summed E-state index contributed by atoms with van der Waals surface area (Å²) >= 11 is 0. The van der Waals surface area contributed by atoms with Gasteiger partial charge in [-0.15, -0.1) is 0 Å². The van der Waals surface area contributed by atoms with Crippen molar-refractivity contribution in [2.75, 3.05) is 37.2 Å². The number of nitrogens with zero attached hydrogens (tertiary/aromatic N) is 3. The molecule has 1 saturated heterocycles. The highest BCUT2D eigenvalue weighted by Gasteiger charge is 2.15. The minimum Gasteiger partial charge on any atom is -0.397 e. The van der Waals surface area contributed by atoms with Gasteiger partial charge in [-0.1, -0.05) is 6.92 Å². The lowest BCUT2D eigenvalue weighted by Crippen LogP contribution is -2.29. The molecule has 2 rings (SSSR count). The van der Waals surface area contributed by atoms with E-state index < -0.39 is 0 Å². The van der Waals surface area contributed by atoms with Crippen molar-refractivity contribution in [2.24, 2.45) is 5.92 Å². The van der Waals surface area contributed by atoms with Gasteiger partial charge in [-0.2, -0.15) is 5.26 Å². The molecular formula is C14H21N5. The summed E-state index contributed by atoms with van der Waals surface area (Å²) in [6.45, 7) is 6.57. The maximum atomic E-state index is 9.04. The number of nitrogens with two attached hydrogens (primary N) is 1. The number of aromatic nitrogens is 1. The number of nitrogens with one attached hydrogen (secondary N) is 1. The van der Waals surface area contributed by atoms with Gasteiger partial charge in [-0.25, -0.2) is 4.98 Å². The summed E-state index contributed by atoms with van der Waals surface area (Å²) in [4.78, 5) is 6.67. The van der Waals surface area contributed by atoms with Gasteiger partial charge < -0.3 is 16.0 Å². The first-order valence-corrected chi connectivity index (χ1v) is 6.81. The van der Waals surface area contributed by atoms with Gasteiger partial charge >= 0.3 is 0 Å². The fourth-order valence-corrected chi connectivity index (χ4v) is 2.45. The predicted octanol–water partition coefficient (Wildman–Crippen LogP) is 1.68. The molecule has 0 amide bonds. The molecule has 1 aromatic heterocycles. The lowest BCUT2D eigenvalue weighted by Gasteiger charge is -2.20. The van der Waals surface area contributed by atoms with E-state index in [0.717, 1.165) is 13.1 Å². The lowest BCUT2D eigenvalue weighted by molar-refractivity contribution is 0.294. The molecule has 2 heterocycles. The van der Waals surface area contributed by atoms with Crippen LogP contribution in [0.15, 0.2) is 12.3 Å². The van der Waals surface area contributed by atoms with Crippen LogP contribution in [-0.4, -0.2) is 36.1 Å². The molecule has 0 aromatic carbocycles. The molecule has 0 radical (unpaired) electrons. The van der Waals surface area contributed by atoms with Crippen molar-refractivity contribution in [3.63, 3.8) is 0 Å². The second-order valence-corrected chi connectivity index (χ2v) is 5.27. The Bertz CT molecular complexity index is 459. The van der Waals surface area contributed by atoms with Crippen molar-refractivity contribution in [1.29, 1.82) is 5.26 Å². The maximum Gasteiger partial charge on any atom is 0.144 e. The van der Waals surface area contributed by atoms with E-state index in [0.29, 0.717) is 23.0 Å². The topological polar surface area (TPSA) is 78.0 Å². The first-order valence-electron chi connectivity index (χ1n) is 6.81. The van der Waals surface area contributed by atoms with Crippen LogP contribution in [-0.2, 0) is 0 Å². The van der Waals surface area contributed by atoms with E-state index in [1.807, 2.05) is 0 Å². The first kappa shape index (κ1) is 13.6. The van der Waals surface area contributed by atoms with Crippen LogP contribution in [0, 0.1) is 17.2 Å². The van der Waals surface area contributed by atoms with Crippen LogP contribution < -0.4 is 11.1 Å². The van der Waals surface area contributed by atoms with Gasteiger partial charge in [0, 0.05) is 13.1 Å². The number of likely N-dealkylation sites (tertiary alicyclic amines) is 1. The summed E-state index contributed by atoms with van der Waals surface area (Å²) < 4.78 is 0. The summed E-state index contributed by atoms with van der Waals surface area (Å²) in [6.07, 6.45) is 4.21. The highest BCUT2D eigenvalue weighted by molar-refractivity contribution is 5.57. The molecule has 5 nitrogen and oxygen atoms in total. The quantitative estimate of drug-likeness (QED) is 0.841. The third-order valence-electron chi connectivity index (χ3n) is 3.42. The van der Waals surface area contributed by atoms with Crippen LogP contribution in [0.5, 0.6) is 0 Å².